The van der Waals surface area contributed by atoms with E-state index >= 15 is 0 Å². The number of esters is 1. The molecule has 0 aliphatic carbocycles. The largest absolute Gasteiger partial charge is 0.465 e. The SMILES string of the molecule is COC(=O)c1cc(NC(C)C)ncc1N. The van der Waals surface area contributed by atoms with Gasteiger partial charge in [-0.3, -0.25) is 0 Å². The van der Waals surface area contributed by atoms with Crippen molar-refractivity contribution in [2.45, 2.75) is 19.9 Å². The molecule has 1 heterocycles. The van der Waals surface area contributed by atoms with E-state index in [2.05, 4.69) is 15.0 Å². The van der Waals surface area contributed by atoms with Crippen LogP contribution in [0.5, 0.6) is 0 Å². The molecule has 5 heteroatoms. The lowest BCUT2D eigenvalue weighted by Gasteiger charge is -2.10. The van der Waals surface area contributed by atoms with Gasteiger partial charge in [-0.15, -0.1) is 0 Å². The van der Waals surface area contributed by atoms with E-state index in [1.54, 1.807) is 6.07 Å². The Bertz CT molecular complexity index is 364. The Morgan fingerprint density at radius 2 is 2.27 bits per heavy atom. The zero-order chi connectivity index (χ0) is 11.4. The van der Waals surface area contributed by atoms with Crippen LogP contribution in [-0.2, 0) is 4.74 Å². The van der Waals surface area contributed by atoms with E-state index in [1.807, 2.05) is 13.8 Å². The van der Waals surface area contributed by atoms with Crippen LogP contribution >= 0.6 is 0 Å². The smallest absolute Gasteiger partial charge is 0.340 e. The molecule has 0 saturated carbocycles. The summed E-state index contributed by atoms with van der Waals surface area (Å²) in [6.07, 6.45) is 1.44. The number of methoxy groups -OCH3 is 1. The fourth-order valence-corrected chi connectivity index (χ4v) is 1.13. The van der Waals surface area contributed by atoms with Gasteiger partial charge >= 0.3 is 5.97 Å². The van der Waals surface area contributed by atoms with Gasteiger partial charge in [0.2, 0.25) is 0 Å². The number of ether oxygens (including phenoxy) is 1. The summed E-state index contributed by atoms with van der Waals surface area (Å²) in [4.78, 5) is 15.4. The third kappa shape index (κ3) is 2.83. The van der Waals surface area contributed by atoms with Gasteiger partial charge in [-0.1, -0.05) is 0 Å². The second-order valence-corrected chi connectivity index (χ2v) is 3.45. The summed E-state index contributed by atoms with van der Waals surface area (Å²) in [7, 11) is 1.32. The fourth-order valence-electron chi connectivity index (χ4n) is 1.13. The highest BCUT2D eigenvalue weighted by atomic mass is 16.5. The predicted molar refractivity (Wildman–Crippen MR) is 58.7 cm³/mol. The number of aromatic nitrogens is 1. The van der Waals surface area contributed by atoms with Gasteiger partial charge in [0.25, 0.3) is 0 Å². The van der Waals surface area contributed by atoms with Crippen LogP contribution in [0.15, 0.2) is 12.3 Å². The summed E-state index contributed by atoms with van der Waals surface area (Å²) < 4.78 is 4.60. The van der Waals surface area contributed by atoms with Crippen molar-refractivity contribution in [1.82, 2.24) is 4.98 Å². The zero-order valence-electron chi connectivity index (χ0n) is 9.07. The van der Waals surface area contributed by atoms with Crippen molar-refractivity contribution < 1.29 is 9.53 Å². The van der Waals surface area contributed by atoms with Gasteiger partial charge in [0.1, 0.15) is 5.82 Å². The van der Waals surface area contributed by atoms with E-state index in [0.29, 0.717) is 17.1 Å². The first-order valence-corrected chi connectivity index (χ1v) is 4.65. The predicted octanol–water partition coefficient (Wildman–Crippen LogP) is 1.27. The van der Waals surface area contributed by atoms with Crippen LogP contribution < -0.4 is 11.1 Å². The molecule has 5 nitrogen and oxygen atoms in total. The number of rotatable bonds is 3. The van der Waals surface area contributed by atoms with Gasteiger partial charge in [0.05, 0.1) is 24.6 Å². The number of hydrogen-bond acceptors (Lipinski definition) is 5. The van der Waals surface area contributed by atoms with Crippen molar-refractivity contribution >= 4 is 17.5 Å². The van der Waals surface area contributed by atoms with E-state index < -0.39 is 5.97 Å². The van der Waals surface area contributed by atoms with Crippen molar-refractivity contribution in [3.05, 3.63) is 17.8 Å². The third-order valence-corrected chi connectivity index (χ3v) is 1.78. The van der Waals surface area contributed by atoms with E-state index in [1.165, 1.54) is 13.3 Å². The highest BCUT2D eigenvalue weighted by Crippen LogP contribution is 2.16. The summed E-state index contributed by atoms with van der Waals surface area (Å²) >= 11 is 0. The lowest BCUT2D eigenvalue weighted by molar-refractivity contribution is 0.0602. The van der Waals surface area contributed by atoms with E-state index in [9.17, 15) is 4.79 Å². The highest BCUT2D eigenvalue weighted by molar-refractivity contribution is 5.95. The second kappa shape index (κ2) is 4.63. The van der Waals surface area contributed by atoms with Crippen LogP contribution in [-0.4, -0.2) is 24.1 Å². The van der Waals surface area contributed by atoms with Gasteiger partial charge < -0.3 is 15.8 Å². The van der Waals surface area contributed by atoms with Gasteiger partial charge in [-0.2, -0.15) is 0 Å². The first kappa shape index (κ1) is 11.3. The third-order valence-electron chi connectivity index (χ3n) is 1.78. The summed E-state index contributed by atoms with van der Waals surface area (Å²) in [5.74, 6) is 0.154. The summed E-state index contributed by atoms with van der Waals surface area (Å²) in [5.41, 5.74) is 6.25. The topological polar surface area (TPSA) is 77.2 Å². The Labute approximate surface area is 88.6 Å². The molecule has 1 aromatic heterocycles. The average Bonchev–Trinajstić information content (AvgIpc) is 2.19. The van der Waals surface area contributed by atoms with Crippen LogP contribution in [0.3, 0.4) is 0 Å². The second-order valence-electron chi connectivity index (χ2n) is 3.45. The number of nitrogen functional groups attached to an aromatic ring is 1. The lowest BCUT2D eigenvalue weighted by Crippen LogP contribution is -2.13. The molecule has 82 valence electrons. The van der Waals surface area contributed by atoms with Gasteiger partial charge in [-0.25, -0.2) is 9.78 Å². The molecule has 0 fully saturated rings. The molecule has 0 unspecified atom stereocenters. The molecular weight excluding hydrogens is 194 g/mol. The molecule has 1 aromatic rings. The number of carbonyl (C=O) groups excluding carboxylic acids is 1. The Kier molecular flexibility index (Phi) is 3.49. The minimum atomic E-state index is -0.457. The summed E-state index contributed by atoms with van der Waals surface area (Å²) in [6.45, 7) is 3.96. The molecule has 0 spiro atoms. The molecular formula is C10H15N3O2. The Morgan fingerprint density at radius 1 is 1.60 bits per heavy atom. The Hall–Kier alpha value is -1.78. The minimum Gasteiger partial charge on any atom is -0.465 e. The van der Waals surface area contributed by atoms with E-state index in [0.717, 1.165) is 0 Å². The molecule has 1 rings (SSSR count). The monoisotopic (exact) mass is 209 g/mol. The van der Waals surface area contributed by atoms with Crippen molar-refractivity contribution in [1.29, 1.82) is 0 Å². The van der Waals surface area contributed by atoms with Gasteiger partial charge in [0.15, 0.2) is 0 Å². The molecule has 0 saturated heterocycles. The number of pyridine rings is 1. The molecule has 0 aliphatic heterocycles. The average molecular weight is 209 g/mol. The van der Waals surface area contributed by atoms with Crippen LogP contribution in [0.25, 0.3) is 0 Å². The molecule has 0 amide bonds. The standard InChI is InChI=1S/C10H15N3O2/c1-6(2)13-9-4-7(10(14)15-3)8(11)5-12-9/h4-6H,11H2,1-3H3,(H,12,13). The lowest BCUT2D eigenvalue weighted by atomic mass is 10.2. The van der Waals surface area contributed by atoms with Crippen molar-refractivity contribution in [3.63, 3.8) is 0 Å². The fraction of sp³-hybridized carbons (Fsp3) is 0.400. The summed E-state index contributed by atoms with van der Waals surface area (Å²) in [5, 5.41) is 3.08. The van der Waals surface area contributed by atoms with Gasteiger partial charge in [-0.05, 0) is 19.9 Å². The number of nitrogens with zero attached hydrogens (tertiary/aromatic N) is 1. The highest BCUT2D eigenvalue weighted by Gasteiger charge is 2.11. The molecule has 0 aliphatic rings. The maximum Gasteiger partial charge on any atom is 0.340 e. The maximum absolute atomic E-state index is 11.3. The van der Waals surface area contributed by atoms with Gasteiger partial charge in [0, 0.05) is 6.04 Å². The molecule has 0 aromatic carbocycles. The quantitative estimate of drug-likeness (QED) is 0.733. The van der Waals surface area contributed by atoms with Crippen LogP contribution in [0.4, 0.5) is 11.5 Å². The number of nitrogens with one attached hydrogen (secondary N) is 1. The van der Waals surface area contributed by atoms with E-state index in [-0.39, 0.29) is 6.04 Å². The van der Waals surface area contributed by atoms with Crippen LogP contribution in [0, 0.1) is 0 Å². The number of nitrogens with two attached hydrogens (primary N) is 1. The first-order chi connectivity index (χ1) is 7.04. The Morgan fingerprint density at radius 3 is 2.80 bits per heavy atom. The summed E-state index contributed by atoms with van der Waals surface area (Å²) in [6, 6.07) is 1.83. The number of carbonyl (C=O) groups is 1. The molecule has 0 atom stereocenters. The van der Waals surface area contributed by atoms with Crippen molar-refractivity contribution in [3.8, 4) is 0 Å². The molecule has 15 heavy (non-hydrogen) atoms. The van der Waals surface area contributed by atoms with Crippen molar-refractivity contribution in [2.75, 3.05) is 18.2 Å². The van der Waals surface area contributed by atoms with Crippen LogP contribution in [0.2, 0.25) is 0 Å². The van der Waals surface area contributed by atoms with E-state index in [4.69, 9.17) is 5.73 Å². The number of anilines is 2. The molecule has 0 radical (unpaired) electrons. The number of hydrogen-bond donors (Lipinski definition) is 2. The Balaban J connectivity index is 3.00. The van der Waals surface area contributed by atoms with Crippen molar-refractivity contribution in [2.24, 2.45) is 0 Å². The first-order valence-electron chi connectivity index (χ1n) is 4.65. The zero-order valence-corrected chi connectivity index (χ0v) is 9.07. The maximum atomic E-state index is 11.3. The normalized spacial score (nSPS) is 10.1. The van der Waals surface area contributed by atoms with Crippen LogP contribution in [0.1, 0.15) is 24.2 Å². The minimum absolute atomic E-state index is 0.242. The molecule has 0 bridgehead atoms. The molecule has 3 N–H and O–H groups in total.